The average molecular weight is 221 g/mol. The lowest BCUT2D eigenvalue weighted by Gasteiger charge is -2.21. The van der Waals surface area contributed by atoms with Gasteiger partial charge in [0.1, 0.15) is 5.75 Å². The van der Waals surface area contributed by atoms with E-state index in [9.17, 15) is 5.11 Å². The molecule has 88 valence electrons. The molecule has 0 aliphatic carbocycles. The van der Waals surface area contributed by atoms with E-state index in [0.717, 1.165) is 25.1 Å². The average Bonchev–Trinajstić information content (AvgIpc) is 2.29. The van der Waals surface area contributed by atoms with Crippen LogP contribution in [0.1, 0.15) is 25.3 Å². The van der Waals surface area contributed by atoms with Crippen molar-refractivity contribution in [3.05, 3.63) is 23.8 Å². The second kappa shape index (κ2) is 5.21. The highest BCUT2D eigenvalue weighted by molar-refractivity contribution is 5.58. The zero-order chi connectivity index (χ0) is 11.4. The van der Waals surface area contributed by atoms with Crippen LogP contribution in [-0.4, -0.2) is 24.4 Å². The van der Waals surface area contributed by atoms with Crippen molar-refractivity contribution < 1.29 is 9.84 Å². The lowest BCUT2D eigenvalue weighted by atomic mass is 10.0. The van der Waals surface area contributed by atoms with Crippen molar-refractivity contribution in [1.82, 2.24) is 0 Å². The molecule has 0 radical (unpaired) electrons. The fourth-order valence-electron chi connectivity index (χ4n) is 1.95. The van der Waals surface area contributed by atoms with Gasteiger partial charge < -0.3 is 15.2 Å². The van der Waals surface area contributed by atoms with E-state index in [2.05, 4.69) is 11.4 Å². The number of aliphatic hydroxyl groups excluding tert-OH is 1. The van der Waals surface area contributed by atoms with Crippen molar-refractivity contribution in [2.75, 3.05) is 18.5 Å². The van der Waals surface area contributed by atoms with E-state index in [1.54, 1.807) is 6.92 Å². The number of anilines is 1. The fourth-order valence-corrected chi connectivity index (χ4v) is 1.95. The molecule has 1 aromatic rings. The molecule has 1 unspecified atom stereocenters. The second-order valence-corrected chi connectivity index (χ2v) is 4.30. The van der Waals surface area contributed by atoms with E-state index >= 15 is 0 Å². The summed E-state index contributed by atoms with van der Waals surface area (Å²) in [7, 11) is 0. The van der Waals surface area contributed by atoms with Gasteiger partial charge in [0.25, 0.3) is 0 Å². The summed E-state index contributed by atoms with van der Waals surface area (Å²) >= 11 is 0. The van der Waals surface area contributed by atoms with Crippen LogP contribution in [0.3, 0.4) is 0 Å². The number of hydrogen-bond acceptors (Lipinski definition) is 3. The van der Waals surface area contributed by atoms with E-state index in [0.29, 0.717) is 13.0 Å². The van der Waals surface area contributed by atoms with Crippen LogP contribution in [0.15, 0.2) is 18.2 Å². The molecule has 16 heavy (non-hydrogen) atoms. The Morgan fingerprint density at radius 3 is 3.19 bits per heavy atom. The molecule has 2 N–H and O–H groups in total. The normalized spacial score (nSPS) is 16.1. The van der Waals surface area contributed by atoms with Crippen LogP contribution in [0.4, 0.5) is 5.69 Å². The molecular formula is C13H19NO2. The summed E-state index contributed by atoms with van der Waals surface area (Å²) in [6.45, 7) is 3.41. The van der Waals surface area contributed by atoms with E-state index in [1.807, 2.05) is 12.1 Å². The third-order valence-electron chi connectivity index (χ3n) is 2.85. The number of benzene rings is 1. The van der Waals surface area contributed by atoms with Crippen LogP contribution in [0.5, 0.6) is 5.75 Å². The van der Waals surface area contributed by atoms with E-state index < -0.39 is 0 Å². The molecule has 1 atom stereocenters. The van der Waals surface area contributed by atoms with Crippen molar-refractivity contribution >= 4 is 5.69 Å². The third kappa shape index (κ3) is 2.67. The topological polar surface area (TPSA) is 41.5 Å². The number of rotatable bonds is 4. The lowest BCUT2D eigenvalue weighted by Crippen LogP contribution is -2.14. The molecule has 0 aromatic heterocycles. The predicted molar refractivity (Wildman–Crippen MR) is 65.0 cm³/mol. The molecule has 3 nitrogen and oxygen atoms in total. The summed E-state index contributed by atoms with van der Waals surface area (Å²) in [5, 5.41) is 12.5. The first-order chi connectivity index (χ1) is 7.77. The van der Waals surface area contributed by atoms with Crippen LogP contribution < -0.4 is 10.1 Å². The van der Waals surface area contributed by atoms with Crippen LogP contribution in [0, 0.1) is 0 Å². The van der Waals surface area contributed by atoms with Crippen LogP contribution >= 0.6 is 0 Å². The van der Waals surface area contributed by atoms with Crippen molar-refractivity contribution in [3.8, 4) is 5.75 Å². The Morgan fingerprint density at radius 1 is 1.50 bits per heavy atom. The molecule has 0 amide bonds. The summed E-state index contributed by atoms with van der Waals surface area (Å²) in [5.41, 5.74) is 2.47. The molecule has 2 rings (SSSR count). The molecular weight excluding hydrogens is 202 g/mol. The van der Waals surface area contributed by atoms with Gasteiger partial charge in [0, 0.05) is 24.2 Å². The number of fused-ring (bicyclic) bond motifs is 1. The summed E-state index contributed by atoms with van der Waals surface area (Å²) in [5.74, 6) is 0.963. The molecule has 0 fully saturated rings. The Kier molecular flexibility index (Phi) is 3.67. The van der Waals surface area contributed by atoms with Crippen molar-refractivity contribution in [2.24, 2.45) is 0 Å². The fraction of sp³-hybridized carbons (Fsp3) is 0.538. The number of hydrogen-bond donors (Lipinski definition) is 2. The monoisotopic (exact) mass is 221 g/mol. The van der Waals surface area contributed by atoms with Crippen LogP contribution in [0.25, 0.3) is 0 Å². The highest BCUT2D eigenvalue weighted by Crippen LogP contribution is 2.30. The zero-order valence-electron chi connectivity index (χ0n) is 9.70. The largest absolute Gasteiger partial charge is 0.493 e. The van der Waals surface area contributed by atoms with E-state index in [1.165, 1.54) is 11.3 Å². The number of ether oxygens (including phenoxy) is 1. The minimum atomic E-state index is -0.294. The summed E-state index contributed by atoms with van der Waals surface area (Å²) in [6, 6.07) is 6.11. The van der Waals surface area contributed by atoms with Gasteiger partial charge in [-0.05, 0) is 31.9 Å². The maximum absolute atomic E-state index is 9.18. The SMILES string of the molecule is CC(O)CCOc1cccc2c1CCCN2. The standard InChI is InChI=1S/C13H19NO2/c1-10(15)7-9-16-13-6-2-5-12-11(13)4-3-8-14-12/h2,5-6,10,14-15H,3-4,7-9H2,1H3. The Morgan fingerprint density at radius 2 is 2.38 bits per heavy atom. The van der Waals surface area contributed by atoms with Crippen LogP contribution in [-0.2, 0) is 6.42 Å². The Labute approximate surface area is 96.4 Å². The molecule has 1 aliphatic rings. The Bertz CT molecular complexity index is 350. The summed E-state index contributed by atoms with van der Waals surface area (Å²) in [4.78, 5) is 0. The highest BCUT2D eigenvalue weighted by atomic mass is 16.5. The van der Waals surface area contributed by atoms with Gasteiger partial charge in [-0.2, -0.15) is 0 Å². The minimum absolute atomic E-state index is 0.294. The first kappa shape index (κ1) is 11.3. The van der Waals surface area contributed by atoms with Gasteiger partial charge >= 0.3 is 0 Å². The van der Waals surface area contributed by atoms with Gasteiger partial charge in [-0.25, -0.2) is 0 Å². The van der Waals surface area contributed by atoms with Gasteiger partial charge in [-0.3, -0.25) is 0 Å². The molecule has 1 heterocycles. The van der Waals surface area contributed by atoms with Gasteiger partial charge in [0.15, 0.2) is 0 Å². The quantitative estimate of drug-likeness (QED) is 0.819. The van der Waals surface area contributed by atoms with E-state index in [-0.39, 0.29) is 6.10 Å². The van der Waals surface area contributed by atoms with Crippen molar-refractivity contribution in [1.29, 1.82) is 0 Å². The Hall–Kier alpha value is -1.22. The zero-order valence-corrected chi connectivity index (χ0v) is 9.70. The maximum Gasteiger partial charge on any atom is 0.124 e. The van der Waals surface area contributed by atoms with Gasteiger partial charge in [-0.15, -0.1) is 0 Å². The molecule has 0 saturated carbocycles. The van der Waals surface area contributed by atoms with E-state index in [4.69, 9.17) is 4.74 Å². The van der Waals surface area contributed by atoms with Crippen molar-refractivity contribution in [3.63, 3.8) is 0 Å². The maximum atomic E-state index is 9.18. The number of aliphatic hydroxyl groups is 1. The highest BCUT2D eigenvalue weighted by Gasteiger charge is 2.13. The lowest BCUT2D eigenvalue weighted by molar-refractivity contribution is 0.155. The first-order valence-corrected chi connectivity index (χ1v) is 5.94. The molecule has 1 aromatic carbocycles. The Balaban J connectivity index is 2.03. The molecule has 3 heteroatoms. The smallest absolute Gasteiger partial charge is 0.124 e. The first-order valence-electron chi connectivity index (χ1n) is 5.94. The van der Waals surface area contributed by atoms with Gasteiger partial charge in [0.2, 0.25) is 0 Å². The second-order valence-electron chi connectivity index (χ2n) is 4.30. The predicted octanol–water partition coefficient (Wildman–Crippen LogP) is 2.19. The number of nitrogens with one attached hydrogen (secondary N) is 1. The summed E-state index contributed by atoms with van der Waals surface area (Å²) in [6.07, 6.45) is 2.62. The molecule has 0 bridgehead atoms. The van der Waals surface area contributed by atoms with Crippen LogP contribution in [0.2, 0.25) is 0 Å². The molecule has 1 aliphatic heterocycles. The molecule has 0 saturated heterocycles. The van der Waals surface area contributed by atoms with Crippen molar-refractivity contribution in [2.45, 2.75) is 32.3 Å². The summed E-state index contributed by atoms with van der Waals surface area (Å²) < 4.78 is 5.72. The van der Waals surface area contributed by atoms with Gasteiger partial charge in [0.05, 0.1) is 12.7 Å². The minimum Gasteiger partial charge on any atom is -0.493 e. The third-order valence-corrected chi connectivity index (χ3v) is 2.85. The van der Waals surface area contributed by atoms with Gasteiger partial charge in [-0.1, -0.05) is 6.07 Å². The molecule has 0 spiro atoms.